The average Bonchev–Trinajstić information content (AvgIpc) is 3.22. The molecular formula is C23H20FN3O2S. The topological polar surface area (TPSA) is 49.2 Å². The number of benzene rings is 3. The Balaban J connectivity index is 1.73. The molecule has 0 unspecified atom stereocenters. The van der Waals surface area contributed by atoms with Gasteiger partial charge in [-0.15, -0.1) is 10.2 Å². The molecule has 0 spiro atoms. The largest absolute Gasteiger partial charge is 0.497 e. The highest BCUT2D eigenvalue weighted by molar-refractivity contribution is 7.98. The highest BCUT2D eigenvalue weighted by Gasteiger charge is 2.19. The van der Waals surface area contributed by atoms with Gasteiger partial charge in [0, 0.05) is 5.75 Å². The average molecular weight is 421 g/mol. The molecule has 0 atom stereocenters. The normalized spacial score (nSPS) is 10.8. The van der Waals surface area contributed by atoms with Crippen LogP contribution in [0.1, 0.15) is 5.56 Å². The van der Waals surface area contributed by atoms with Gasteiger partial charge < -0.3 is 9.47 Å². The standard InChI is InChI=1S/C23H20FN3O2S/c1-28-18-12-10-17(11-13-18)27-22(20-8-3-4-9-21(20)24)25-26-23(27)30-15-16-6-5-7-19(14-16)29-2/h3-14H,15H2,1-2H3. The van der Waals surface area contributed by atoms with Crippen molar-refractivity contribution in [2.45, 2.75) is 10.9 Å². The number of methoxy groups -OCH3 is 2. The molecule has 4 aromatic rings. The number of halogens is 1. The van der Waals surface area contributed by atoms with Crippen LogP contribution in [-0.2, 0) is 5.75 Å². The molecule has 152 valence electrons. The molecule has 4 rings (SSSR count). The Morgan fingerprint density at radius 2 is 1.63 bits per heavy atom. The lowest BCUT2D eigenvalue weighted by atomic mass is 10.2. The fourth-order valence-corrected chi connectivity index (χ4v) is 3.95. The molecule has 1 aromatic heterocycles. The molecule has 0 saturated carbocycles. The Labute approximate surface area is 178 Å². The van der Waals surface area contributed by atoms with E-state index in [1.165, 1.54) is 17.8 Å². The molecule has 0 saturated heterocycles. The smallest absolute Gasteiger partial charge is 0.196 e. The minimum atomic E-state index is -0.344. The molecule has 0 fully saturated rings. The summed E-state index contributed by atoms with van der Waals surface area (Å²) >= 11 is 1.53. The fourth-order valence-electron chi connectivity index (χ4n) is 3.05. The summed E-state index contributed by atoms with van der Waals surface area (Å²) in [5.74, 6) is 2.32. The zero-order valence-electron chi connectivity index (χ0n) is 16.6. The van der Waals surface area contributed by atoms with Gasteiger partial charge in [0.25, 0.3) is 0 Å². The lowest BCUT2D eigenvalue weighted by Crippen LogP contribution is -2.01. The van der Waals surface area contributed by atoms with Crippen LogP contribution >= 0.6 is 11.8 Å². The molecule has 0 amide bonds. The highest BCUT2D eigenvalue weighted by Crippen LogP contribution is 2.32. The zero-order valence-corrected chi connectivity index (χ0v) is 17.4. The van der Waals surface area contributed by atoms with Crippen LogP contribution in [0.15, 0.2) is 78.0 Å². The van der Waals surface area contributed by atoms with Crippen LogP contribution in [0.2, 0.25) is 0 Å². The van der Waals surface area contributed by atoms with Crippen molar-refractivity contribution < 1.29 is 13.9 Å². The maximum Gasteiger partial charge on any atom is 0.196 e. The molecule has 30 heavy (non-hydrogen) atoms. The molecule has 0 aliphatic heterocycles. The van der Waals surface area contributed by atoms with Crippen LogP contribution in [0.5, 0.6) is 11.5 Å². The van der Waals surface area contributed by atoms with E-state index in [1.807, 2.05) is 53.1 Å². The van der Waals surface area contributed by atoms with Gasteiger partial charge in [-0.3, -0.25) is 4.57 Å². The second kappa shape index (κ2) is 9.00. The number of hydrogen-bond acceptors (Lipinski definition) is 5. The maximum atomic E-state index is 14.5. The number of aromatic nitrogens is 3. The molecule has 0 radical (unpaired) electrons. The van der Waals surface area contributed by atoms with Crippen molar-refractivity contribution in [3.63, 3.8) is 0 Å². The van der Waals surface area contributed by atoms with Gasteiger partial charge in [-0.2, -0.15) is 0 Å². The van der Waals surface area contributed by atoms with E-state index in [-0.39, 0.29) is 5.82 Å². The summed E-state index contributed by atoms with van der Waals surface area (Å²) in [6.07, 6.45) is 0. The van der Waals surface area contributed by atoms with Crippen molar-refractivity contribution in [2.75, 3.05) is 14.2 Å². The fraction of sp³-hybridized carbons (Fsp3) is 0.130. The third-order valence-corrected chi connectivity index (χ3v) is 5.58. The molecule has 0 aliphatic rings. The molecule has 0 bridgehead atoms. The number of nitrogens with zero attached hydrogens (tertiary/aromatic N) is 3. The van der Waals surface area contributed by atoms with E-state index in [4.69, 9.17) is 9.47 Å². The van der Waals surface area contributed by atoms with Gasteiger partial charge in [0.05, 0.1) is 25.5 Å². The Kier molecular flexibility index (Phi) is 5.99. The predicted octanol–water partition coefficient (Wildman–Crippen LogP) is 5.38. The van der Waals surface area contributed by atoms with E-state index in [1.54, 1.807) is 32.4 Å². The van der Waals surface area contributed by atoms with Crippen LogP contribution in [-0.4, -0.2) is 29.0 Å². The van der Waals surface area contributed by atoms with Gasteiger partial charge in [-0.05, 0) is 54.1 Å². The minimum absolute atomic E-state index is 0.344. The number of rotatable bonds is 7. The van der Waals surface area contributed by atoms with Gasteiger partial charge in [0.15, 0.2) is 11.0 Å². The van der Waals surface area contributed by atoms with Crippen LogP contribution in [0.4, 0.5) is 4.39 Å². The molecule has 3 aromatic carbocycles. The maximum absolute atomic E-state index is 14.5. The monoisotopic (exact) mass is 421 g/mol. The first-order valence-corrected chi connectivity index (χ1v) is 10.3. The third kappa shape index (κ3) is 4.16. The van der Waals surface area contributed by atoms with Crippen molar-refractivity contribution in [3.8, 4) is 28.6 Å². The molecule has 0 aliphatic carbocycles. The van der Waals surface area contributed by atoms with Crippen LogP contribution in [0.3, 0.4) is 0 Å². The van der Waals surface area contributed by atoms with Crippen molar-refractivity contribution in [2.24, 2.45) is 0 Å². The van der Waals surface area contributed by atoms with Crippen LogP contribution in [0, 0.1) is 5.82 Å². The molecule has 1 heterocycles. The second-order valence-electron chi connectivity index (χ2n) is 6.46. The Morgan fingerprint density at radius 1 is 0.867 bits per heavy atom. The van der Waals surface area contributed by atoms with E-state index >= 15 is 0 Å². The van der Waals surface area contributed by atoms with E-state index in [2.05, 4.69) is 10.2 Å². The number of ether oxygens (including phenoxy) is 2. The summed E-state index contributed by atoms with van der Waals surface area (Å²) in [5, 5.41) is 9.33. The van der Waals surface area contributed by atoms with Crippen LogP contribution < -0.4 is 9.47 Å². The first-order valence-electron chi connectivity index (χ1n) is 9.30. The quantitative estimate of drug-likeness (QED) is 0.375. The lowest BCUT2D eigenvalue weighted by Gasteiger charge is -2.12. The Morgan fingerprint density at radius 3 is 2.37 bits per heavy atom. The molecule has 7 heteroatoms. The van der Waals surface area contributed by atoms with Crippen molar-refractivity contribution in [1.29, 1.82) is 0 Å². The van der Waals surface area contributed by atoms with Gasteiger partial charge in [-0.1, -0.05) is 36.0 Å². The Hall–Kier alpha value is -3.32. The minimum Gasteiger partial charge on any atom is -0.497 e. The molecular weight excluding hydrogens is 401 g/mol. The summed E-state index contributed by atoms with van der Waals surface area (Å²) in [6, 6.07) is 22.0. The first kappa shape index (κ1) is 20.0. The zero-order chi connectivity index (χ0) is 20.9. The van der Waals surface area contributed by atoms with E-state index in [9.17, 15) is 4.39 Å². The molecule has 5 nitrogen and oxygen atoms in total. The third-order valence-electron chi connectivity index (χ3n) is 4.58. The lowest BCUT2D eigenvalue weighted by molar-refractivity contribution is 0.414. The van der Waals surface area contributed by atoms with E-state index < -0.39 is 0 Å². The summed E-state index contributed by atoms with van der Waals surface area (Å²) in [7, 11) is 3.27. The van der Waals surface area contributed by atoms with Gasteiger partial charge in [-0.25, -0.2) is 4.39 Å². The summed E-state index contributed by atoms with van der Waals surface area (Å²) in [4.78, 5) is 0. The predicted molar refractivity (Wildman–Crippen MR) is 116 cm³/mol. The van der Waals surface area contributed by atoms with Gasteiger partial charge >= 0.3 is 0 Å². The van der Waals surface area contributed by atoms with Crippen molar-refractivity contribution in [1.82, 2.24) is 14.8 Å². The molecule has 0 N–H and O–H groups in total. The summed E-state index contributed by atoms with van der Waals surface area (Å²) in [6.45, 7) is 0. The second-order valence-corrected chi connectivity index (χ2v) is 7.40. The SMILES string of the molecule is COc1ccc(-n2c(SCc3cccc(OC)c3)nnc2-c2ccccc2F)cc1. The van der Waals surface area contributed by atoms with E-state index in [0.717, 1.165) is 22.7 Å². The summed E-state index contributed by atoms with van der Waals surface area (Å²) < 4.78 is 26.9. The summed E-state index contributed by atoms with van der Waals surface area (Å²) in [5.41, 5.74) is 2.32. The van der Waals surface area contributed by atoms with Crippen molar-refractivity contribution in [3.05, 3.63) is 84.2 Å². The number of thioether (sulfide) groups is 1. The van der Waals surface area contributed by atoms with Crippen LogP contribution in [0.25, 0.3) is 17.1 Å². The number of hydrogen-bond donors (Lipinski definition) is 0. The van der Waals surface area contributed by atoms with Gasteiger partial charge in [0.2, 0.25) is 0 Å². The Bertz CT molecular complexity index is 1150. The highest BCUT2D eigenvalue weighted by atomic mass is 32.2. The van der Waals surface area contributed by atoms with Crippen molar-refractivity contribution >= 4 is 11.8 Å². The van der Waals surface area contributed by atoms with Gasteiger partial charge in [0.1, 0.15) is 17.3 Å². The first-order chi connectivity index (χ1) is 14.7. The van der Waals surface area contributed by atoms with E-state index in [0.29, 0.717) is 22.3 Å².